The number of amides is 2. The smallest absolute Gasteiger partial charge is 0.291 e. The van der Waals surface area contributed by atoms with Crippen LogP contribution in [-0.4, -0.2) is 18.9 Å². The maximum atomic E-state index is 12.4. The molecule has 0 aliphatic carbocycles. The van der Waals surface area contributed by atoms with Crippen molar-refractivity contribution in [2.75, 3.05) is 12.4 Å². The monoisotopic (exact) mass is 364 g/mol. The van der Waals surface area contributed by atoms with Crippen LogP contribution in [0.5, 0.6) is 0 Å². The predicted octanol–water partition coefficient (Wildman–Crippen LogP) is 3.61. The number of benzene rings is 2. The van der Waals surface area contributed by atoms with Crippen molar-refractivity contribution in [3.8, 4) is 0 Å². The minimum Gasteiger partial charge on any atom is -0.459 e. The fraction of sp³-hybridized carbons (Fsp3) is 0.143. The van der Waals surface area contributed by atoms with Crippen LogP contribution in [0, 0.1) is 0 Å². The first kappa shape index (κ1) is 18.4. The maximum absolute atomic E-state index is 12.4. The van der Waals surface area contributed by atoms with E-state index in [4.69, 9.17) is 9.15 Å². The Labute approximate surface area is 157 Å². The van der Waals surface area contributed by atoms with Gasteiger partial charge in [0.2, 0.25) is 0 Å². The summed E-state index contributed by atoms with van der Waals surface area (Å²) in [4.78, 5) is 24.4. The number of hydrogen-bond donors (Lipinski definition) is 2. The zero-order valence-electron chi connectivity index (χ0n) is 14.9. The standard InChI is InChI=1S/C21H20N2O4/c1-26-14-16-9-7-15(8-10-16)13-22-20(24)17-4-2-5-18(12-17)23-21(25)19-6-3-11-27-19/h2-12H,13-14H2,1H3,(H,22,24)(H,23,25). The molecule has 0 spiro atoms. The second-order valence-corrected chi connectivity index (χ2v) is 5.94. The van der Waals surface area contributed by atoms with Crippen LogP contribution in [-0.2, 0) is 17.9 Å². The molecule has 2 N–H and O–H groups in total. The summed E-state index contributed by atoms with van der Waals surface area (Å²) in [6.45, 7) is 0.970. The Morgan fingerprint density at radius 3 is 2.44 bits per heavy atom. The second kappa shape index (κ2) is 8.82. The van der Waals surface area contributed by atoms with Crippen molar-refractivity contribution in [1.29, 1.82) is 0 Å². The third kappa shape index (κ3) is 5.05. The van der Waals surface area contributed by atoms with Gasteiger partial charge >= 0.3 is 0 Å². The zero-order valence-corrected chi connectivity index (χ0v) is 14.9. The molecular formula is C21H20N2O4. The Morgan fingerprint density at radius 1 is 0.963 bits per heavy atom. The van der Waals surface area contributed by atoms with Crippen molar-refractivity contribution in [3.05, 3.63) is 89.4 Å². The van der Waals surface area contributed by atoms with Crippen molar-refractivity contribution < 1.29 is 18.7 Å². The van der Waals surface area contributed by atoms with E-state index in [1.807, 2.05) is 24.3 Å². The van der Waals surface area contributed by atoms with Crippen LogP contribution in [0.4, 0.5) is 5.69 Å². The molecule has 0 saturated heterocycles. The molecule has 6 nitrogen and oxygen atoms in total. The Morgan fingerprint density at radius 2 is 1.74 bits per heavy atom. The van der Waals surface area contributed by atoms with E-state index in [1.54, 1.807) is 43.5 Å². The zero-order chi connectivity index (χ0) is 19.1. The van der Waals surface area contributed by atoms with E-state index in [2.05, 4.69) is 10.6 Å². The van der Waals surface area contributed by atoms with Gasteiger partial charge in [0.05, 0.1) is 12.9 Å². The second-order valence-electron chi connectivity index (χ2n) is 5.94. The van der Waals surface area contributed by atoms with Crippen LogP contribution in [0.25, 0.3) is 0 Å². The van der Waals surface area contributed by atoms with Gasteiger partial charge in [0.25, 0.3) is 11.8 Å². The van der Waals surface area contributed by atoms with Crippen molar-refractivity contribution in [2.24, 2.45) is 0 Å². The molecule has 1 heterocycles. The molecule has 0 bridgehead atoms. The van der Waals surface area contributed by atoms with Gasteiger partial charge in [0.1, 0.15) is 0 Å². The molecule has 0 unspecified atom stereocenters. The largest absolute Gasteiger partial charge is 0.459 e. The SMILES string of the molecule is COCc1ccc(CNC(=O)c2cccc(NC(=O)c3ccco3)c2)cc1. The van der Waals surface area contributed by atoms with Gasteiger partial charge in [-0.25, -0.2) is 0 Å². The average molecular weight is 364 g/mol. The summed E-state index contributed by atoms with van der Waals surface area (Å²) in [6.07, 6.45) is 1.43. The lowest BCUT2D eigenvalue weighted by molar-refractivity contribution is 0.0949. The molecule has 2 aromatic carbocycles. The number of anilines is 1. The van der Waals surface area contributed by atoms with Crippen LogP contribution in [0.15, 0.2) is 71.3 Å². The third-order valence-corrected chi connectivity index (χ3v) is 3.91. The molecule has 138 valence electrons. The normalized spacial score (nSPS) is 10.4. The molecule has 0 atom stereocenters. The van der Waals surface area contributed by atoms with Gasteiger partial charge in [-0.05, 0) is 41.5 Å². The van der Waals surface area contributed by atoms with E-state index in [-0.39, 0.29) is 17.6 Å². The molecule has 0 radical (unpaired) electrons. The molecular weight excluding hydrogens is 344 g/mol. The number of ether oxygens (including phenoxy) is 1. The first-order chi connectivity index (χ1) is 13.2. The predicted molar refractivity (Wildman–Crippen MR) is 101 cm³/mol. The van der Waals surface area contributed by atoms with Gasteiger partial charge in [-0.1, -0.05) is 30.3 Å². The summed E-state index contributed by atoms with van der Waals surface area (Å²) in [6, 6.07) is 17.8. The quantitative estimate of drug-likeness (QED) is 0.671. The molecule has 27 heavy (non-hydrogen) atoms. The van der Waals surface area contributed by atoms with Gasteiger partial charge in [-0.3, -0.25) is 9.59 Å². The lowest BCUT2D eigenvalue weighted by atomic mass is 10.1. The number of nitrogens with one attached hydrogen (secondary N) is 2. The highest BCUT2D eigenvalue weighted by atomic mass is 16.5. The van der Waals surface area contributed by atoms with Crippen LogP contribution >= 0.6 is 0 Å². The summed E-state index contributed by atoms with van der Waals surface area (Å²) in [5, 5.41) is 5.58. The van der Waals surface area contributed by atoms with Crippen LogP contribution in [0.2, 0.25) is 0 Å². The molecule has 6 heteroatoms. The summed E-state index contributed by atoms with van der Waals surface area (Å²) >= 11 is 0. The molecule has 3 aromatic rings. The molecule has 2 amide bonds. The first-order valence-corrected chi connectivity index (χ1v) is 8.45. The van der Waals surface area contributed by atoms with E-state index < -0.39 is 0 Å². The third-order valence-electron chi connectivity index (χ3n) is 3.91. The van der Waals surface area contributed by atoms with E-state index >= 15 is 0 Å². The Bertz CT molecular complexity index is 902. The number of hydrogen-bond acceptors (Lipinski definition) is 4. The highest BCUT2D eigenvalue weighted by Gasteiger charge is 2.11. The van der Waals surface area contributed by atoms with Crippen LogP contribution in [0.1, 0.15) is 32.0 Å². The van der Waals surface area contributed by atoms with Crippen LogP contribution in [0.3, 0.4) is 0 Å². The summed E-state index contributed by atoms with van der Waals surface area (Å²) in [7, 11) is 1.65. The Balaban J connectivity index is 1.59. The number of furan rings is 1. The molecule has 0 aliphatic heterocycles. The Hall–Kier alpha value is -3.38. The maximum Gasteiger partial charge on any atom is 0.291 e. The molecule has 0 aliphatic rings. The van der Waals surface area contributed by atoms with Gasteiger partial charge in [0, 0.05) is 24.9 Å². The first-order valence-electron chi connectivity index (χ1n) is 8.45. The lowest BCUT2D eigenvalue weighted by Crippen LogP contribution is -2.23. The van der Waals surface area contributed by atoms with E-state index in [1.165, 1.54) is 6.26 Å². The highest BCUT2D eigenvalue weighted by Crippen LogP contribution is 2.13. The average Bonchev–Trinajstić information content (AvgIpc) is 3.23. The van der Waals surface area contributed by atoms with Gasteiger partial charge in [-0.15, -0.1) is 0 Å². The lowest BCUT2D eigenvalue weighted by Gasteiger charge is -2.08. The Kier molecular flexibility index (Phi) is 6.02. The van der Waals surface area contributed by atoms with Gasteiger partial charge < -0.3 is 19.8 Å². The fourth-order valence-electron chi connectivity index (χ4n) is 2.54. The van der Waals surface area contributed by atoms with E-state index in [0.717, 1.165) is 11.1 Å². The highest BCUT2D eigenvalue weighted by molar-refractivity contribution is 6.03. The van der Waals surface area contributed by atoms with Crippen molar-refractivity contribution in [2.45, 2.75) is 13.2 Å². The summed E-state index contributed by atoms with van der Waals surface area (Å²) in [5.41, 5.74) is 3.05. The molecule has 3 rings (SSSR count). The van der Waals surface area contributed by atoms with Crippen molar-refractivity contribution >= 4 is 17.5 Å². The minimum atomic E-state index is -0.367. The number of methoxy groups -OCH3 is 1. The fourth-order valence-corrected chi connectivity index (χ4v) is 2.54. The minimum absolute atomic E-state index is 0.210. The number of carbonyl (C=O) groups excluding carboxylic acids is 2. The van der Waals surface area contributed by atoms with E-state index in [0.29, 0.717) is 24.4 Å². The molecule has 1 aromatic heterocycles. The topological polar surface area (TPSA) is 80.6 Å². The number of rotatable bonds is 7. The van der Waals surface area contributed by atoms with Crippen molar-refractivity contribution in [1.82, 2.24) is 5.32 Å². The summed E-state index contributed by atoms with van der Waals surface area (Å²) < 4.78 is 10.1. The van der Waals surface area contributed by atoms with Crippen LogP contribution < -0.4 is 10.6 Å². The molecule has 0 fully saturated rings. The number of carbonyl (C=O) groups is 2. The van der Waals surface area contributed by atoms with Crippen molar-refractivity contribution in [3.63, 3.8) is 0 Å². The van der Waals surface area contributed by atoms with Gasteiger partial charge in [0.15, 0.2) is 5.76 Å². The van der Waals surface area contributed by atoms with Gasteiger partial charge in [-0.2, -0.15) is 0 Å². The molecule has 0 saturated carbocycles. The summed E-state index contributed by atoms with van der Waals surface area (Å²) in [5.74, 6) is -0.374. The van der Waals surface area contributed by atoms with E-state index in [9.17, 15) is 9.59 Å².